The summed E-state index contributed by atoms with van der Waals surface area (Å²) in [6.07, 6.45) is 7.53. The number of halogens is 8. The normalized spacial score (nSPS) is 11.9. The Kier molecular flexibility index (Phi) is 11.4. The van der Waals surface area contributed by atoms with Gasteiger partial charge in [-0.3, -0.25) is 0 Å². The Balaban J connectivity index is 0.00000455. The summed E-state index contributed by atoms with van der Waals surface area (Å²) in [7, 11) is 0. The Bertz CT molecular complexity index is 2560. The maximum atomic E-state index is 6.93. The second-order valence-electron chi connectivity index (χ2n) is 12.7. The zero-order valence-corrected chi connectivity index (χ0v) is 35.9. The van der Waals surface area contributed by atoms with Crippen molar-refractivity contribution in [2.75, 3.05) is 0 Å². The van der Waals surface area contributed by atoms with Crippen LogP contribution in [-0.4, -0.2) is 9.97 Å². The van der Waals surface area contributed by atoms with Gasteiger partial charge in [0.25, 0.3) is 0 Å². The zero-order valence-electron chi connectivity index (χ0n) is 28.7. The van der Waals surface area contributed by atoms with E-state index in [1.165, 1.54) is 0 Å². The molecule has 0 atom stereocenters. The summed E-state index contributed by atoms with van der Waals surface area (Å²) in [6.45, 7) is 0. The van der Waals surface area contributed by atoms with Gasteiger partial charge in [-0.2, -0.15) is 0 Å². The van der Waals surface area contributed by atoms with Gasteiger partial charge < -0.3 is 9.97 Å². The predicted octanol–water partition coefficient (Wildman–Crippen LogP) is 15.8. The van der Waals surface area contributed by atoms with Gasteiger partial charge in [0, 0.05) is 62.4 Å². The molecule has 0 unspecified atom stereocenters. The van der Waals surface area contributed by atoms with Crippen LogP contribution in [0.2, 0.25) is 40.2 Å². The van der Waals surface area contributed by atoms with Crippen LogP contribution in [-0.2, 0) is 17.1 Å². The van der Waals surface area contributed by atoms with Crippen LogP contribution in [0.4, 0.5) is 0 Å². The smallest absolute Gasteiger partial charge is 0.657 e. The average molecular weight is 944 g/mol. The van der Waals surface area contributed by atoms with Gasteiger partial charge in [0.15, 0.2) is 0 Å². The molecular weight excluding hydrogens is 924 g/mol. The zero-order chi connectivity index (χ0) is 38.8. The maximum Gasteiger partial charge on any atom is 3.00 e. The van der Waals surface area contributed by atoms with Crippen molar-refractivity contribution in [2.45, 2.75) is 0 Å². The molecule has 57 heavy (non-hydrogen) atoms. The first kappa shape index (κ1) is 40.1. The molecule has 2 aliphatic heterocycles. The average Bonchev–Trinajstić information content (AvgIpc) is 4.00. The Hall–Kier alpha value is -3.68. The summed E-state index contributed by atoms with van der Waals surface area (Å²) in [5, 5.41) is 3.32. The number of hydrogen-bond acceptors (Lipinski definition) is 2. The van der Waals surface area contributed by atoms with E-state index in [4.69, 9.17) is 113 Å². The van der Waals surface area contributed by atoms with Crippen molar-refractivity contribution in [3.8, 4) is 44.5 Å². The van der Waals surface area contributed by atoms with Crippen LogP contribution in [0, 0.1) is 0 Å². The largest absolute Gasteiger partial charge is 3.00 e. The van der Waals surface area contributed by atoms with E-state index in [1.807, 2.05) is 48.6 Å². The number of fused-ring (bicyclic) bond motifs is 8. The molecule has 0 saturated heterocycles. The summed E-state index contributed by atoms with van der Waals surface area (Å²) in [6, 6.07) is 28.8. The molecule has 2 aliphatic rings. The first-order chi connectivity index (χ1) is 27.1. The van der Waals surface area contributed by atoms with Crippen molar-refractivity contribution >= 4 is 139 Å². The molecule has 1 radical (unpaired) electrons. The van der Waals surface area contributed by atoms with Crippen LogP contribution in [0.15, 0.2) is 97.1 Å². The third-order valence-electron chi connectivity index (χ3n) is 9.46. The van der Waals surface area contributed by atoms with E-state index in [-0.39, 0.29) is 17.1 Å². The van der Waals surface area contributed by atoms with Crippen molar-refractivity contribution < 1.29 is 17.1 Å². The van der Waals surface area contributed by atoms with Crippen molar-refractivity contribution in [3.05, 3.63) is 160 Å². The quantitative estimate of drug-likeness (QED) is 0.165. The molecule has 0 fully saturated rings. The molecule has 0 N–H and O–H groups in total. The van der Waals surface area contributed by atoms with Gasteiger partial charge in [0.2, 0.25) is 0 Å². The van der Waals surface area contributed by atoms with E-state index in [0.29, 0.717) is 130 Å². The molecule has 3 aromatic heterocycles. The Morgan fingerprint density at radius 1 is 0.281 bits per heavy atom. The van der Waals surface area contributed by atoms with Crippen LogP contribution < -0.4 is 9.97 Å². The van der Waals surface area contributed by atoms with Crippen molar-refractivity contribution in [1.29, 1.82) is 0 Å². The van der Waals surface area contributed by atoms with E-state index in [2.05, 4.69) is 0 Å². The van der Waals surface area contributed by atoms with Crippen molar-refractivity contribution in [2.24, 2.45) is 0 Å². The minimum atomic E-state index is 0. The summed E-state index contributed by atoms with van der Waals surface area (Å²) in [5.41, 5.74) is 8.93. The molecule has 4 nitrogen and oxygen atoms in total. The maximum absolute atomic E-state index is 6.93. The fourth-order valence-electron chi connectivity index (χ4n) is 7.06. The molecule has 0 spiro atoms. The van der Waals surface area contributed by atoms with Crippen molar-refractivity contribution in [1.82, 2.24) is 19.9 Å². The molecule has 0 amide bonds. The molecule has 279 valence electrons. The molecule has 8 bridgehead atoms. The number of benzene rings is 4. The minimum Gasteiger partial charge on any atom is -0.657 e. The fourth-order valence-corrected chi connectivity index (χ4v) is 9.40. The molecule has 7 aromatic rings. The topological polar surface area (TPSA) is 54.0 Å². The van der Waals surface area contributed by atoms with Gasteiger partial charge in [-0.05, 0) is 95.1 Å². The van der Waals surface area contributed by atoms with Gasteiger partial charge in [-0.15, -0.1) is 22.1 Å². The Morgan fingerprint density at radius 3 is 0.667 bits per heavy atom. The number of rotatable bonds is 4. The second-order valence-corrected chi connectivity index (χ2v) is 16.0. The first-order valence-electron chi connectivity index (χ1n) is 16.9. The molecule has 0 saturated carbocycles. The number of aromatic nitrogens is 4. The Labute approximate surface area is 377 Å². The summed E-state index contributed by atoms with van der Waals surface area (Å²) in [5.74, 6) is 0. The van der Waals surface area contributed by atoms with Gasteiger partial charge in [-0.1, -0.05) is 141 Å². The van der Waals surface area contributed by atoms with Gasteiger partial charge in [0.05, 0.1) is 22.8 Å². The number of hydrogen-bond donors (Lipinski definition) is 0. The van der Waals surface area contributed by atoms with E-state index < -0.39 is 0 Å². The fraction of sp³-hybridized carbons (Fsp3) is 0. The molecule has 9 rings (SSSR count). The van der Waals surface area contributed by atoms with Crippen LogP contribution >= 0.6 is 92.8 Å². The minimum absolute atomic E-state index is 0. The standard InChI is InChI=1S/C44H20Cl8N4.Fe/c45-21-5-1-6-22(46)37(21)41-29-13-15-31(53-29)42(38-23(47)7-2-8-24(38)48)33-17-19-35(55-33)44(40-27(51)11-4-12-28(40)52)36-20-18-34(56-36)43(32-16-14-30(41)54-32)39-25(49)9-3-10-26(39)50;/h1-20H;/q-2;+3. The van der Waals surface area contributed by atoms with Crippen LogP contribution in [0.1, 0.15) is 22.8 Å². The van der Waals surface area contributed by atoms with Gasteiger partial charge >= 0.3 is 17.1 Å². The van der Waals surface area contributed by atoms with Crippen LogP contribution in [0.25, 0.3) is 90.9 Å². The molecule has 4 aromatic carbocycles. The summed E-state index contributed by atoms with van der Waals surface area (Å²) in [4.78, 5) is 20.8. The molecule has 13 heteroatoms. The summed E-state index contributed by atoms with van der Waals surface area (Å²) >= 11 is 55.4. The predicted molar refractivity (Wildman–Crippen MR) is 239 cm³/mol. The van der Waals surface area contributed by atoms with Crippen LogP contribution in [0.5, 0.6) is 0 Å². The van der Waals surface area contributed by atoms with Gasteiger partial charge in [0.1, 0.15) is 0 Å². The van der Waals surface area contributed by atoms with Crippen molar-refractivity contribution in [3.63, 3.8) is 0 Å². The van der Waals surface area contributed by atoms with Gasteiger partial charge in [-0.25, -0.2) is 9.97 Å². The van der Waals surface area contributed by atoms with E-state index in [0.717, 1.165) is 0 Å². The van der Waals surface area contributed by atoms with E-state index >= 15 is 0 Å². The Morgan fingerprint density at radius 2 is 0.474 bits per heavy atom. The summed E-state index contributed by atoms with van der Waals surface area (Å²) < 4.78 is 0. The number of nitrogens with zero attached hydrogens (tertiary/aromatic N) is 4. The monoisotopic (exact) mass is 940 g/mol. The van der Waals surface area contributed by atoms with E-state index in [9.17, 15) is 0 Å². The third-order valence-corrected chi connectivity index (χ3v) is 12.0. The van der Waals surface area contributed by atoms with Crippen LogP contribution in [0.3, 0.4) is 0 Å². The molecule has 0 aliphatic carbocycles. The second kappa shape index (κ2) is 16.2. The van der Waals surface area contributed by atoms with E-state index in [1.54, 1.807) is 72.8 Å². The third kappa shape index (κ3) is 7.13. The SMILES string of the molecule is Clc1cccc(Cl)c1-c1c2nc(c(-c3c(Cl)cccc3Cl)c3ccc([n-]3)c(-c3c(Cl)cccc3Cl)c3nc(c(-c4c(Cl)cccc4Cl)c4ccc1[n-]4)C=C3)C=C2.[Fe+3]. The molecular formula is C44H20Cl8FeN4+. The first-order valence-corrected chi connectivity index (χ1v) is 19.9. The molecule has 5 heterocycles.